The van der Waals surface area contributed by atoms with Gasteiger partial charge in [-0.1, -0.05) is 0 Å². The molecule has 0 aromatic heterocycles. The van der Waals surface area contributed by atoms with E-state index in [1.54, 1.807) is 6.07 Å². The number of aryl methyl sites for hydroxylation is 1. The summed E-state index contributed by atoms with van der Waals surface area (Å²) in [5.41, 5.74) is 2.01. The third kappa shape index (κ3) is 1.92. The second-order valence-electron chi connectivity index (χ2n) is 3.85. The van der Waals surface area contributed by atoms with Gasteiger partial charge in [0.05, 0.1) is 4.47 Å². The topological polar surface area (TPSA) is 12.0 Å². The quantitative estimate of drug-likeness (QED) is 0.849. The zero-order valence-electron chi connectivity index (χ0n) is 8.11. The van der Waals surface area contributed by atoms with Crippen LogP contribution in [0.3, 0.4) is 0 Å². The van der Waals surface area contributed by atoms with E-state index in [9.17, 15) is 4.39 Å². The highest BCUT2D eigenvalue weighted by molar-refractivity contribution is 9.10. The molecular weight excluding hydrogens is 245 g/mol. The third-order valence-electron chi connectivity index (χ3n) is 2.73. The van der Waals surface area contributed by atoms with Crippen molar-refractivity contribution in [3.8, 4) is 0 Å². The SMILES string of the molecule is Cc1cc(Br)c(F)cc1NC1CCC1. The number of hydrogen-bond donors (Lipinski definition) is 1. The average Bonchev–Trinajstić information content (AvgIpc) is 2.06. The van der Waals surface area contributed by atoms with Gasteiger partial charge in [-0.25, -0.2) is 4.39 Å². The second kappa shape index (κ2) is 3.89. The molecular formula is C11H13BrFN. The highest BCUT2D eigenvalue weighted by atomic mass is 79.9. The summed E-state index contributed by atoms with van der Waals surface area (Å²) in [6.07, 6.45) is 3.70. The van der Waals surface area contributed by atoms with Gasteiger partial charge >= 0.3 is 0 Å². The molecule has 0 amide bonds. The van der Waals surface area contributed by atoms with Crippen molar-refractivity contribution in [2.45, 2.75) is 32.2 Å². The van der Waals surface area contributed by atoms with E-state index in [-0.39, 0.29) is 5.82 Å². The zero-order valence-corrected chi connectivity index (χ0v) is 9.70. The summed E-state index contributed by atoms with van der Waals surface area (Å²) in [5, 5.41) is 3.35. The van der Waals surface area contributed by atoms with Gasteiger partial charge < -0.3 is 5.32 Å². The Hall–Kier alpha value is -0.570. The number of nitrogens with one attached hydrogen (secondary N) is 1. The fourth-order valence-corrected chi connectivity index (χ4v) is 2.03. The van der Waals surface area contributed by atoms with Gasteiger partial charge in [0.2, 0.25) is 0 Å². The van der Waals surface area contributed by atoms with Crippen LogP contribution in [-0.4, -0.2) is 6.04 Å². The molecule has 1 aromatic carbocycles. The van der Waals surface area contributed by atoms with Crippen LogP contribution in [0.15, 0.2) is 16.6 Å². The molecule has 2 rings (SSSR count). The van der Waals surface area contributed by atoms with Gasteiger partial charge in [-0.3, -0.25) is 0 Å². The van der Waals surface area contributed by atoms with E-state index in [1.165, 1.54) is 19.3 Å². The molecule has 0 heterocycles. The van der Waals surface area contributed by atoms with Crippen molar-refractivity contribution in [3.63, 3.8) is 0 Å². The molecule has 1 aliphatic carbocycles. The summed E-state index contributed by atoms with van der Waals surface area (Å²) >= 11 is 3.17. The van der Waals surface area contributed by atoms with Crippen molar-refractivity contribution in [2.24, 2.45) is 0 Å². The van der Waals surface area contributed by atoms with E-state index in [0.29, 0.717) is 10.5 Å². The molecule has 0 bridgehead atoms. The normalized spacial score (nSPS) is 16.5. The Bertz CT molecular complexity index is 347. The Kier molecular flexibility index (Phi) is 2.77. The molecule has 76 valence electrons. The standard InChI is InChI=1S/C11H13BrFN/c1-7-5-9(12)10(13)6-11(7)14-8-3-2-4-8/h5-6,8,14H,2-4H2,1H3. The molecule has 1 saturated carbocycles. The minimum absolute atomic E-state index is 0.197. The molecule has 0 saturated heterocycles. The van der Waals surface area contributed by atoms with Crippen molar-refractivity contribution in [3.05, 3.63) is 28.0 Å². The average molecular weight is 258 g/mol. The first-order chi connectivity index (χ1) is 6.66. The summed E-state index contributed by atoms with van der Waals surface area (Å²) in [4.78, 5) is 0. The zero-order chi connectivity index (χ0) is 10.1. The number of rotatable bonds is 2. The lowest BCUT2D eigenvalue weighted by atomic mass is 9.92. The monoisotopic (exact) mass is 257 g/mol. The minimum atomic E-state index is -0.197. The second-order valence-corrected chi connectivity index (χ2v) is 4.71. The van der Waals surface area contributed by atoms with Gasteiger partial charge in [0, 0.05) is 11.7 Å². The van der Waals surface area contributed by atoms with Gasteiger partial charge in [0.25, 0.3) is 0 Å². The van der Waals surface area contributed by atoms with E-state index >= 15 is 0 Å². The van der Waals surface area contributed by atoms with Crippen LogP contribution in [0.1, 0.15) is 24.8 Å². The number of benzene rings is 1. The van der Waals surface area contributed by atoms with E-state index < -0.39 is 0 Å². The lowest BCUT2D eigenvalue weighted by Gasteiger charge is -2.28. The maximum Gasteiger partial charge on any atom is 0.139 e. The summed E-state index contributed by atoms with van der Waals surface area (Å²) < 4.78 is 13.8. The maximum absolute atomic E-state index is 13.2. The Morgan fingerprint density at radius 2 is 2.14 bits per heavy atom. The summed E-state index contributed by atoms with van der Waals surface area (Å²) in [6, 6.07) is 3.93. The first-order valence-electron chi connectivity index (χ1n) is 4.89. The fourth-order valence-electron chi connectivity index (χ4n) is 1.57. The van der Waals surface area contributed by atoms with Gasteiger partial charge in [-0.2, -0.15) is 0 Å². The van der Waals surface area contributed by atoms with Crippen molar-refractivity contribution in [1.29, 1.82) is 0 Å². The Morgan fingerprint density at radius 3 is 2.71 bits per heavy atom. The molecule has 1 nitrogen and oxygen atoms in total. The first-order valence-corrected chi connectivity index (χ1v) is 5.68. The van der Waals surface area contributed by atoms with Crippen LogP contribution in [-0.2, 0) is 0 Å². The smallest absolute Gasteiger partial charge is 0.139 e. The lowest BCUT2D eigenvalue weighted by Crippen LogP contribution is -2.27. The van der Waals surface area contributed by atoms with Crippen LogP contribution in [0, 0.1) is 12.7 Å². The largest absolute Gasteiger partial charge is 0.382 e. The number of halogens is 2. The Morgan fingerprint density at radius 1 is 1.43 bits per heavy atom. The number of anilines is 1. The molecule has 0 radical (unpaired) electrons. The van der Waals surface area contributed by atoms with Gasteiger partial charge in [0.1, 0.15) is 5.82 Å². The minimum Gasteiger partial charge on any atom is -0.382 e. The maximum atomic E-state index is 13.2. The van der Waals surface area contributed by atoms with Crippen molar-refractivity contribution in [1.82, 2.24) is 0 Å². The van der Waals surface area contributed by atoms with Gasteiger partial charge in [-0.15, -0.1) is 0 Å². The van der Waals surface area contributed by atoms with Gasteiger partial charge in [-0.05, 0) is 59.8 Å². The summed E-state index contributed by atoms with van der Waals surface area (Å²) in [7, 11) is 0. The molecule has 0 atom stereocenters. The third-order valence-corrected chi connectivity index (χ3v) is 3.34. The predicted octanol–water partition coefficient (Wildman–Crippen LogP) is 3.86. The van der Waals surface area contributed by atoms with E-state index in [0.717, 1.165) is 11.3 Å². The molecule has 1 fully saturated rings. The van der Waals surface area contributed by atoms with Crippen LogP contribution in [0.5, 0.6) is 0 Å². The van der Waals surface area contributed by atoms with Crippen molar-refractivity contribution >= 4 is 21.6 Å². The van der Waals surface area contributed by atoms with E-state index in [4.69, 9.17) is 0 Å². The van der Waals surface area contributed by atoms with Crippen LogP contribution < -0.4 is 5.32 Å². The summed E-state index contributed by atoms with van der Waals surface area (Å²) in [6.45, 7) is 1.99. The lowest BCUT2D eigenvalue weighted by molar-refractivity contribution is 0.445. The molecule has 1 aliphatic rings. The van der Waals surface area contributed by atoms with Crippen LogP contribution in [0.4, 0.5) is 10.1 Å². The predicted molar refractivity (Wildman–Crippen MR) is 60.1 cm³/mol. The van der Waals surface area contributed by atoms with E-state index in [2.05, 4.69) is 21.2 Å². The molecule has 1 aromatic rings. The Balaban J connectivity index is 2.19. The van der Waals surface area contributed by atoms with Crippen molar-refractivity contribution < 1.29 is 4.39 Å². The van der Waals surface area contributed by atoms with Crippen LogP contribution in [0.25, 0.3) is 0 Å². The Labute approximate surface area is 91.8 Å². The van der Waals surface area contributed by atoms with Crippen LogP contribution >= 0.6 is 15.9 Å². The van der Waals surface area contributed by atoms with E-state index in [1.807, 2.05) is 13.0 Å². The molecule has 0 aliphatic heterocycles. The van der Waals surface area contributed by atoms with Crippen LogP contribution in [0.2, 0.25) is 0 Å². The van der Waals surface area contributed by atoms with Gasteiger partial charge in [0.15, 0.2) is 0 Å². The molecule has 0 spiro atoms. The van der Waals surface area contributed by atoms with Crippen molar-refractivity contribution in [2.75, 3.05) is 5.32 Å². The molecule has 3 heteroatoms. The first kappa shape index (κ1) is 9.97. The number of hydrogen-bond acceptors (Lipinski definition) is 1. The summed E-state index contributed by atoms with van der Waals surface area (Å²) in [5.74, 6) is -0.197. The molecule has 14 heavy (non-hydrogen) atoms. The highest BCUT2D eigenvalue weighted by Gasteiger charge is 2.18. The molecule has 1 N–H and O–H groups in total. The highest BCUT2D eigenvalue weighted by Crippen LogP contribution is 2.28. The molecule has 0 unspecified atom stereocenters. The fraction of sp³-hybridized carbons (Fsp3) is 0.455.